The molecule has 0 radical (unpaired) electrons. The van der Waals surface area contributed by atoms with Crippen molar-refractivity contribution in [2.75, 3.05) is 18.8 Å². The second-order valence-electron chi connectivity index (χ2n) is 5.49. The van der Waals surface area contributed by atoms with Gasteiger partial charge < -0.3 is 4.90 Å². The van der Waals surface area contributed by atoms with Gasteiger partial charge in [-0.1, -0.05) is 17.8 Å². The van der Waals surface area contributed by atoms with Crippen LogP contribution < -0.4 is 0 Å². The Morgan fingerprint density at radius 2 is 1.83 bits per heavy atom. The van der Waals surface area contributed by atoms with Gasteiger partial charge in [-0.3, -0.25) is 9.36 Å². The Kier molecular flexibility index (Phi) is 5.82. The first-order chi connectivity index (χ1) is 11.0. The van der Waals surface area contributed by atoms with Crippen molar-refractivity contribution >= 4 is 17.7 Å². The summed E-state index contributed by atoms with van der Waals surface area (Å²) in [7, 11) is 0. The SMILES string of the molecule is CCN(CC)C(=O)CSc1nnc(C)n1-c1ccc(C)c(C)c1. The summed E-state index contributed by atoms with van der Waals surface area (Å²) < 4.78 is 2.01. The van der Waals surface area contributed by atoms with Crippen LogP contribution in [0, 0.1) is 20.8 Å². The van der Waals surface area contributed by atoms with E-state index in [0.29, 0.717) is 5.75 Å². The minimum atomic E-state index is 0.132. The molecular formula is C17H24N4OS. The molecule has 124 valence electrons. The Hall–Kier alpha value is -1.82. The fourth-order valence-electron chi connectivity index (χ4n) is 2.39. The van der Waals surface area contributed by atoms with Gasteiger partial charge in [-0.25, -0.2) is 0 Å². The highest BCUT2D eigenvalue weighted by Gasteiger charge is 2.16. The molecule has 23 heavy (non-hydrogen) atoms. The number of hydrogen-bond acceptors (Lipinski definition) is 4. The lowest BCUT2D eigenvalue weighted by molar-refractivity contribution is -0.127. The average molecular weight is 332 g/mol. The van der Waals surface area contributed by atoms with E-state index >= 15 is 0 Å². The number of carbonyl (C=O) groups is 1. The molecule has 1 aromatic heterocycles. The van der Waals surface area contributed by atoms with Gasteiger partial charge in [0.05, 0.1) is 5.75 Å². The summed E-state index contributed by atoms with van der Waals surface area (Å²) in [5, 5.41) is 9.16. The van der Waals surface area contributed by atoms with Gasteiger partial charge in [-0.2, -0.15) is 0 Å². The summed E-state index contributed by atoms with van der Waals surface area (Å²) in [5.41, 5.74) is 3.52. The third-order valence-corrected chi connectivity index (χ3v) is 4.90. The Balaban J connectivity index is 2.22. The molecule has 0 bridgehead atoms. The maximum absolute atomic E-state index is 12.2. The highest BCUT2D eigenvalue weighted by molar-refractivity contribution is 7.99. The second kappa shape index (κ2) is 7.64. The lowest BCUT2D eigenvalue weighted by Gasteiger charge is -2.18. The highest BCUT2D eigenvalue weighted by Crippen LogP contribution is 2.23. The van der Waals surface area contributed by atoms with E-state index in [9.17, 15) is 4.79 Å². The zero-order chi connectivity index (χ0) is 17.0. The lowest BCUT2D eigenvalue weighted by Crippen LogP contribution is -2.31. The van der Waals surface area contributed by atoms with E-state index in [1.807, 2.05) is 30.2 Å². The molecule has 0 N–H and O–H groups in total. The molecule has 6 heteroatoms. The van der Waals surface area contributed by atoms with Crippen LogP contribution in [0.4, 0.5) is 0 Å². The molecule has 0 fully saturated rings. The van der Waals surface area contributed by atoms with Crippen LogP contribution in [-0.4, -0.2) is 44.4 Å². The number of thioether (sulfide) groups is 1. The van der Waals surface area contributed by atoms with Crippen molar-refractivity contribution in [2.45, 2.75) is 39.8 Å². The number of rotatable bonds is 6. The number of hydrogen-bond donors (Lipinski definition) is 0. The molecule has 0 saturated carbocycles. The molecule has 5 nitrogen and oxygen atoms in total. The first-order valence-electron chi connectivity index (χ1n) is 7.88. The van der Waals surface area contributed by atoms with Crippen LogP contribution in [0.25, 0.3) is 5.69 Å². The van der Waals surface area contributed by atoms with Gasteiger partial charge in [0.15, 0.2) is 5.16 Å². The molecule has 0 atom stereocenters. The second-order valence-corrected chi connectivity index (χ2v) is 6.43. The van der Waals surface area contributed by atoms with Crippen LogP contribution in [-0.2, 0) is 4.79 Å². The zero-order valence-corrected chi connectivity index (χ0v) is 15.3. The molecule has 0 aliphatic carbocycles. The minimum Gasteiger partial charge on any atom is -0.343 e. The molecule has 0 aliphatic heterocycles. The minimum absolute atomic E-state index is 0.132. The van der Waals surface area contributed by atoms with Crippen molar-refractivity contribution in [3.63, 3.8) is 0 Å². The first kappa shape index (κ1) is 17.5. The Morgan fingerprint density at radius 3 is 2.43 bits per heavy atom. The van der Waals surface area contributed by atoms with E-state index in [2.05, 4.69) is 42.2 Å². The fraction of sp³-hybridized carbons (Fsp3) is 0.471. The predicted molar refractivity (Wildman–Crippen MR) is 94.2 cm³/mol. The first-order valence-corrected chi connectivity index (χ1v) is 8.86. The van der Waals surface area contributed by atoms with Gasteiger partial charge in [0.25, 0.3) is 0 Å². The van der Waals surface area contributed by atoms with Crippen LogP contribution in [0.3, 0.4) is 0 Å². The maximum Gasteiger partial charge on any atom is 0.233 e. The van der Waals surface area contributed by atoms with E-state index in [4.69, 9.17) is 0 Å². The summed E-state index contributed by atoms with van der Waals surface area (Å²) in [6, 6.07) is 6.29. The molecule has 0 aliphatic rings. The average Bonchev–Trinajstić information content (AvgIpc) is 2.90. The fourth-order valence-corrected chi connectivity index (χ4v) is 3.29. The van der Waals surface area contributed by atoms with Crippen molar-refractivity contribution in [3.05, 3.63) is 35.2 Å². The van der Waals surface area contributed by atoms with Crippen molar-refractivity contribution in [1.29, 1.82) is 0 Å². The standard InChI is InChI=1S/C17H24N4OS/c1-6-20(7-2)16(22)11-23-17-19-18-14(5)21(17)15-9-8-12(3)13(4)10-15/h8-10H,6-7,11H2,1-5H3. The largest absolute Gasteiger partial charge is 0.343 e. The van der Waals surface area contributed by atoms with Gasteiger partial charge in [-0.05, 0) is 57.9 Å². The maximum atomic E-state index is 12.2. The molecule has 0 saturated heterocycles. The van der Waals surface area contributed by atoms with Crippen molar-refractivity contribution in [2.24, 2.45) is 0 Å². The number of nitrogens with zero attached hydrogens (tertiary/aromatic N) is 4. The molecule has 2 aromatic rings. The van der Waals surface area contributed by atoms with Crippen LogP contribution in [0.1, 0.15) is 30.8 Å². The van der Waals surface area contributed by atoms with Gasteiger partial charge in [0.2, 0.25) is 5.91 Å². The monoisotopic (exact) mass is 332 g/mol. The number of aryl methyl sites for hydroxylation is 3. The van der Waals surface area contributed by atoms with Crippen LogP contribution in [0.15, 0.2) is 23.4 Å². The van der Waals surface area contributed by atoms with E-state index in [1.165, 1.54) is 22.9 Å². The molecule has 1 aromatic carbocycles. The predicted octanol–water partition coefficient (Wildman–Crippen LogP) is 3.15. The normalized spacial score (nSPS) is 10.8. The topological polar surface area (TPSA) is 51.0 Å². The number of carbonyl (C=O) groups excluding carboxylic acids is 1. The molecule has 0 unspecified atom stereocenters. The number of benzene rings is 1. The molecule has 2 rings (SSSR count). The quantitative estimate of drug-likeness (QED) is 0.763. The molecule has 0 spiro atoms. The van der Waals surface area contributed by atoms with E-state index in [0.717, 1.165) is 29.8 Å². The summed E-state index contributed by atoms with van der Waals surface area (Å²) in [4.78, 5) is 14.0. The van der Waals surface area contributed by atoms with E-state index in [1.54, 1.807) is 0 Å². The number of aromatic nitrogens is 3. The molecule has 1 heterocycles. The Labute approximate surface area is 142 Å². The van der Waals surface area contributed by atoms with Crippen molar-refractivity contribution < 1.29 is 4.79 Å². The molecule has 1 amide bonds. The smallest absolute Gasteiger partial charge is 0.233 e. The van der Waals surface area contributed by atoms with Gasteiger partial charge >= 0.3 is 0 Å². The van der Waals surface area contributed by atoms with E-state index in [-0.39, 0.29) is 5.91 Å². The molecular weight excluding hydrogens is 308 g/mol. The zero-order valence-electron chi connectivity index (χ0n) is 14.5. The Bertz CT molecular complexity index is 692. The van der Waals surface area contributed by atoms with Gasteiger partial charge in [-0.15, -0.1) is 10.2 Å². The van der Waals surface area contributed by atoms with Crippen LogP contribution >= 0.6 is 11.8 Å². The van der Waals surface area contributed by atoms with Crippen molar-refractivity contribution in [1.82, 2.24) is 19.7 Å². The third kappa shape index (κ3) is 3.93. The van der Waals surface area contributed by atoms with Gasteiger partial charge in [0, 0.05) is 18.8 Å². The summed E-state index contributed by atoms with van der Waals surface area (Å²) in [6.45, 7) is 11.6. The van der Waals surface area contributed by atoms with Crippen LogP contribution in [0.5, 0.6) is 0 Å². The lowest BCUT2D eigenvalue weighted by atomic mass is 10.1. The summed E-state index contributed by atoms with van der Waals surface area (Å²) in [6.07, 6.45) is 0. The summed E-state index contributed by atoms with van der Waals surface area (Å²) >= 11 is 1.44. The van der Waals surface area contributed by atoms with Crippen molar-refractivity contribution in [3.8, 4) is 5.69 Å². The third-order valence-electron chi connectivity index (χ3n) is 3.98. The number of amides is 1. The van der Waals surface area contributed by atoms with E-state index < -0.39 is 0 Å². The summed E-state index contributed by atoms with van der Waals surface area (Å²) in [5.74, 6) is 1.34. The highest BCUT2D eigenvalue weighted by atomic mass is 32.2. The van der Waals surface area contributed by atoms with Crippen LogP contribution in [0.2, 0.25) is 0 Å². The van der Waals surface area contributed by atoms with Gasteiger partial charge in [0.1, 0.15) is 5.82 Å². The Morgan fingerprint density at radius 1 is 1.13 bits per heavy atom.